The maximum absolute atomic E-state index is 14.2. The van der Waals surface area contributed by atoms with Gasteiger partial charge < -0.3 is 9.30 Å². The van der Waals surface area contributed by atoms with E-state index in [1.807, 2.05) is 6.07 Å². The summed E-state index contributed by atoms with van der Waals surface area (Å²) in [5.74, 6) is -2.44. The number of nitrogens with zero attached hydrogens (tertiary/aromatic N) is 2. The number of fused-ring (bicyclic) bond motifs is 2. The fraction of sp³-hybridized carbons (Fsp3) is 0.0588. The zero-order chi connectivity index (χ0) is 16.3. The van der Waals surface area contributed by atoms with Crippen LogP contribution in [0.1, 0.15) is 11.1 Å². The van der Waals surface area contributed by atoms with E-state index in [-0.39, 0.29) is 27.8 Å². The molecule has 0 unspecified atom stereocenters. The van der Waals surface area contributed by atoms with Gasteiger partial charge in [-0.15, -0.1) is 0 Å². The Kier molecular flexibility index (Phi) is 2.57. The Bertz CT molecular complexity index is 1110. The van der Waals surface area contributed by atoms with Gasteiger partial charge in [0.15, 0.2) is 22.7 Å². The van der Waals surface area contributed by atoms with E-state index in [0.29, 0.717) is 16.8 Å². The van der Waals surface area contributed by atoms with Crippen molar-refractivity contribution in [3.63, 3.8) is 0 Å². The molecule has 0 atom stereocenters. The van der Waals surface area contributed by atoms with E-state index in [2.05, 4.69) is 0 Å². The van der Waals surface area contributed by atoms with Gasteiger partial charge in [-0.1, -0.05) is 0 Å². The molecular weight excluding hydrogens is 302 g/mol. The van der Waals surface area contributed by atoms with Gasteiger partial charge in [0.2, 0.25) is 5.82 Å². The van der Waals surface area contributed by atoms with Crippen LogP contribution in [-0.2, 0) is 0 Å². The summed E-state index contributed by atoms with van der Waals surface area (Å²) in [5.41, 5.74) is 1.08. The van der Waals surface area contributed by atoms with Crippen molar-refractivity contribution < 1.29 is 13.5 Å². The van der Waals surface area contributed by atoms with Crippen LogP contribution in [0, 0.1) is 29.9 Å². The molecule has 1 aromatic heterocycles. The summed E-state index contributed by atoms with van der Waals surface area (Å²) in [6, 6.07) is 7.53. The highest BCUT2D eigenvalue weighted by atomic mass is 19.2. The highest BCUT2D eigenvalue weighted by molar-refractivity contribution is 5.89. The monoisotopic (exact) mass is 310 g/mol. The number of ether oxygens (including phenoxy) is 1. The van der Waals surface area contributed by atoms with E-state index in [0.717, 1.165) is 6.07 Å². The summed E-state index contributed by atoms with van der Waals surface area (Å²) in [5, 5.41) is 9.03. The zero-order valence-electron chi connectivity index (χ0n) is 11.9. The second-order valence-corrected chi connectivity index (χ2v) is 5.31. The second kappa shape index (κ2) is 4.40. The first-order valence-corrected chi connectivity index (χ1v) is 6.77. The standard InChI is InChI=1S/C17H8F2N2O2/c1-8-7-21-12-3-2-9(6-20)4-13(12)23-17-14(19)11(18)5-10(15(17)21)16(8)22/h2-5,7H,1H3. The lowest BCUT2D eigenvalue weighted by atomic mass is 10.1. The molecule has 1 aliphatic rings. The summed E-state index contributed by atoms with van der Waals surface area (Å²) in [6.07, 6.45) is 1.55. The quantitative estimate of drug-likeness (QED) is 0.499. The number of rotatable bonds is 0. The van der Waals surface area contributed by atoms with Gasteiger partial charge in [-0.3, -0.25) is 4.79 Å². The first-order chi connectivity index (χ1) is 11.0. The van der Waals surface area contributed by atoms with Crippen molar-refractivity contribution in [1.29, 1.82) is 5.26 Å². The second-order valence-electron chi connectivity index (χ2n) is 5.31. The Balaban J connectivity index is 2.23. The molecule has 1 aliphatic heterocycles. The fourth-order valence-electron chi connectivity index (χ4n) is 2.79. The molecule has 23 heavy (non-hydrogen) atoms. The number of hydrogen-bond acceptors (Lipinski definition) is 3. The minimum Gasteiger partial charge on any atom is -0.450 e. The van der Waals surface area contributed by atoms with Crippen LogP contribution in [0.5, 0.6) is 11.5 Å². The molecule has 0 aliphatic carbocycles. The minimum absolute atomic E-state index is 0.0499. The number of aromatic nitrogens is 1. The molecule has 0 spiro atoms. The summed E-state index contributed by atoms with van der Waals surface area (Å²) >= 11 is 0. The summed E-state index contributed by atoms with van der Waals surface area (Å²) in [4.78, 5) is 12.2. The molecule has 3 aromatic rings. The van der Waals surface area contributed by atoms with Crippen molar-refractivity contribution in [2.45, 2.75) is 6.92 Å². The van der Waals surface area contributed by atoms with Crippen LogP contribution in [-0.4, -0.2) is 4.57 Å². The van der Waals surface area contributed by atoms with Crippen LogP contribution in [0.25, 0.3) is 16.6 Å². The van der Waals surface area contributed by atoms with Crippen molar-refractivity contribution in [2.24, 2.45) is 0 Å². The Morgan fingerprint density at radius 3 is 2.78 bits per heavy atom. The van der Waals surface area contributed by atoms with Crippen molar-refractivity contribution >= 4 is 10.9 Å². The van der Waals surface area contributed by atoms with E-state index in [4.69, 9.17) is 10.00 Å². The highest BCUT2D eigenvalue weighted by Crippen LogP contribution is 2.42. The number of benzene rings is 2. The van der Waals surface area contributed by atoms with Crippen LogP contribution in [0.4, 0.5) is 8.78 Å². The molecular formula is C17H8F2N2O2. The lowest BCUT2D eigenvalue weighted by molar-refractivity contribution is 0.413. The van der Waals surface area contributed by atoms with Gasteiger partial charge in [-0.25, -0.2) is 4.39 Å². The molecule has 2 heterocycles. The van der Waals surface area contributed by atoms with E-state index in [1.54, 1.807) is 29.8 Å². The normalized spacial score (nSPS) is 11.7. The zero-order valence-corrected chi connectivity index (χ0v) is 11.9. The lowest BCUT2D eigenvalue weighted by Crippen LogP contribution is -2.16. The maximum atomic E-state index is 14.2. The highest BCUT2D eigenvalue weighted by Gasteiger charge is 2.26. The van der Waals surface area contributed by atoms with Gasteiger partial charge in [0.25, 0.3) is 0 Å². The van der Waals surface area contributed by atoms with Crippen molar-refractivity contribution in [3.8, 4) is 23.3 Å². The number of pyridine rings is 1. The van der Waals surface area contributed by atoms with E-state index in [1.165, 1.54) is 6.07 Å². The topological polar surface area (TPSA) is 55.0 Å². The molecule has 0 radical (unpaired) electrons. The third-order valence-electron chi connectivity index (χ3n) is 3.88. The van der Waals surface area contributed by atoms with Crippen molar-refractivity contribution in [1.82, 2.24) is 4.57 Å². The van der Waals surface area contributed by atoms with Gasteiger partial charge >= 0.3 is 0 Å². The minimum atomic E-state index is -1.16. The molecule has 2 aromatic carbocycles. The van der Waals surface area contributed by atoms with E-state index < -0.39 is 11.6 Å². The Morgan fingerprint density at radius 1 is 1.26 bits per heavy atom. The van der Waals surface area contributed by atoms with Gasteiger partial charge in [-0.05, 0) is 25.1 Å². The molecule has 4 nitrogen and oxygen atoms in total. The first kappa shape index (κ1) is 13.5. The lowest BCUT2D eigenvalue weighted by Gasteiger charge is -2.24. The predicted octanol–water partition coefficient (Wildman–Crippen LogP) is 3.55. The Morgan fingerprint density at radius 2 is 2.04 bits per heavy atom. The molecule has 0 N–H and O–H groups in total. The molecule has 4 rings (SSSR count). The van der Waals surface area contributed by atoms with Crippen LogP contribution >= 0.6 is 0 Å². The van der Waals surface area contributed by atoms with Crippen LogP contribution in [0.3, 0.4) is 0 Å². The largest absolute Gasteiger partial charge is 0.450 e. The first-order valence-electron chi connectivity index (χ1n) is 6.77. The average Bonchev–Trinajstić information content (AvgIpc) is 2.55. The number of halogens is 2. The van der Waals surface area contributed by atoms with Crippen molar-refractivity contribution in [2.75, 3.05) is 0 Å². The third kappa shape index (κ3) is 1.70. The summed E-state index contributed by atoms with van der Waals surface area (Å²) in [6.45, 7) is 1.60. The van der Waals surface area contributed by atoms with Crippen molar-refractivity contribution in [3.05, 3.63) is 63.4 Å². The van der Waals surface area contributed by atoms with Crippen LogP contribution in [0.15, 0.2) is 35.3 Å². The van der Waals surface area contributed by atoms with E-state index >= 15 is 0 Å². The number of nitriles is 1. The molecule has 0 saturated heterocycles. The van der Waals surface area contributed by atoms with Gasteiger partial charge in [0.05, 0.1) is 22.7 Å². The fourth-order valence-corrected chi connectivity index (χ4v) is 2.79. The molecule has 0 amide bonds. The van der Waals surface area contributed by atoms with Crippen LogP contribution < -0.4 is 10.2 Å². The predicted molar refractivity (Wildman–Crippen MR) is 79.0 cm³/mol. The smallest absolute Gasteiger partial charge is 0.203 e. The van der Waals surface area contributed by atoms with Crippen LogP contribution in [0.2, 0.25) is 0 Å². The molecule has 0 fully saturated rings. The molecule has 6 heteroatoms. The van der Waals surface area contributed by atoms with Gasteiger partial charge in [-0.2, -0.15) is 9.65 Å². The van der Waals surface area contributed by atoms with E-state index in [9.17, 15) is 13.6 Å². The maximum Gasteiger partial charge on any atom is 0.203 e. The molecule has 0 saturated carbocycles. The Hall–Kier alpha value is -3.20. The average molecular weight is 310 g/mol. The van der Waals surface area contributed by atoms with Gasteiger partial charge in [0, 0.05) is 17.8 Å². The third-order valence-corrected chi connectivity index (χ3v) is 3.88. The molecule has 0 bridgehead atoms. The SMILES string of the molecule is Cc1cn2c3c(c(F)c(F)cc3c1=O)Oc1cc(C#N)ccc1-2. The number of aryl methyl sites for hydroxylation is 1. The number of hydrogen-bond donors (Lipinski definition) is 0. The van der Waals surface area contributed by atoms with Gasteiger partial charge in [0.1, 0.15) is 5.52 Å². The Labute approximate surface area is 128 Å². The summed E-state index contributed by atoms with van der Waals surface area (Å²) < 4.78 is 35.1. The molecule has 112 valence electrons. The summed E-state index contributed by atoms with van der Waals surface area (Å²) in [7, 11) is 0.